The molecule has 0 aliphatic rings. The minimum atomic E-state index is -1.49. The van der Waals surface area contributed by atoms with Crippen LogP contribution in [0, 0.1) is 11.8 Å². The third-order valence-electron chi connectivity index (χ3n) is 7.10. The van der Waals surface area contributed by atoms with Crippen molar-refractivity contribution >= 4 is 53.3 Å². The van der Waals surface area contributed by atoms with Gasteiger partial charge in [-0.15, -0.1) is 0 Å². The Balaban J connectivity index is 5.89. The third kappa shape index (κ3) is 15.1. The lowest BCUT2D eigenvalue weighted by molar-refractivity contribution is -0.144. The van der Waals surface area contributed by atoms with E-state index in [1.165, 1.54) is 11.8 Å². The fourth-order valence-corrected chi connectivity index (χ4v) is 4.35. The van der Waals surface area contributed by atoms with Gasteiger partial charge in [0.2, 0.25) is 23.6 Å². The second-order valence-corrected chi connectivity index (χ2v) is 11.4. The van der Waals surface area contributed by atoms with Crippen LogP contribution in [0.25, 0.3) is 0 Å². The van der Waals surface area contributed by atoms with E-state index in [-0.39, 0.29) is 31.6 Å². The summed E-state index contributed by atoms with van der Waals surface area (Å²) in [4.78, 5) is 85.8. The van der Waals surface area contributed by atoms with Gasteiger partial charge < -0.3 is 42.3 Å². The summed E-state index contributed by atoms with van der Waals surface area (Å²) < 4.78 is 0. The summed E-state index contributed by atoms with van der Waals surface area (Å²) in [5.74, 6) is -7.03. The smallest absolute Gasteiger partial charge is 0.326 e. The molecular weight excluding hydrogens is 586 g/mol. The molecular formula is C27H47N5O10S. The molecule has 0 aromatic heterocycles. The average molecular weight is 634 g/mol. The average Bonchev–Trinajstić information content (AvgIpc) is 2.95. The van der Waals surface area contributed by atoms with Gasteiger partial charge in [0.25, 0.3) is 0 Å². The first kappa shape index (κ1) is 39.6. The first-order valence-electron chi connectivity index (χ1n) is 14.2. The SMILES string of the molecule is CC[C@H](C)[C@H](NC(=O)[C@H](CCSC)NC(=O)[C@@H](NC(=O)[C@@H](N)CCC(=O)O)[C@@H](C)CC)C(=O)N[C@@H](CCC(=O)O)C(=O)O. The highest BCUT2D eigenvalue weighted by Gasteiger charge is 2.34. The van der Waals surface area contributed by atoms with Crippen LogP contribution < -0.4 is 27.0 Å². The number of amides is 4. The molecule has 0 saturated carbocycles. The van der Waals surface area contributed by atoms with E-state index in [9.17, 15) is 38.7 Å². The predicted molar refractivity (Wildman–Crippen MR) is 159 cm³/mol. The molecule has 0 radical (unpaired) electrons. The zero-order chi connectivity index (χ0) is 33.3. The quantitative estimate of drug-likeness (QED) is 0.0779. The van der Waals surface area contributed by atoms with E-state index >= 15 is 0 Å². The number of nitrogens with two attached hydrogens (primary N) is 1. The van der Waals surface area contributed by atoms with Crippen LogP contribution in [-0.2, 0) is 33.6 Å². The first-order valence-corrected chi connectivity index (χ1v) is 15.6. The molecule has 7 atom stereocenters. The van der Waals surface area contributed by atoms with Gasteiger partial charge in [0, 0.05) is 12.8 Å². The van der Waals surface area contributed by atoms with Gasteiger partial charge in [-0.2, -0.15) is 11.8 Å². The van der Waals surface area contributed by atoms with Gasteiger partial charge >= 0.3 is 17.9 Å². The number of aliphatic carboxylic acids is 3. The van der Waals surface area contributed by atoms with Crippen LogP contribution in [0.1, 0.15) is 72.6 Å². The predicted octanol–water partition coefficient (Wildman–Crippen LogP) is -0.0876. The second kappa shape index (κ2) is 20.5. The van der Waals surface area contributed by atoms with Crippen LogP contribution in [0.15, 0.2) is 0 Å². The number of carbonyl (C=O) groups is 7. The van der Waals surface area contributed by atoms with Crippen LogP contribution in [0.3, 0.4) is 0 Å². The Morgan fingerprint density at radius 2 is 1.09 bits per heavy atom. The number of nitrogens with one attached hydrogen (secondary N) is 4. The molecule has 0 aromatic carbocycles. The minimum Gasteiger partial charge on any atom is -0.481 e. The molecule has 0 aliphatic carbocycles. The number of carbonyl (C=O) groups excluding carboxylic acids is 4. The van der Waals surface area contributed by atoms with Gasteiger partial charge in [-0.05, 0) is 43.1 Å². The first-order chi connectivity index (χ1) is 20.1. The highest BCUT2D eigenvalue weighted by atomic mass is 32.2. The number of hydrogen-bond donors (Lipinski definition) is 8. The number of carboxylic acid groups (broad SMARTS) is 3. The number of carboxylic acids is 3. The lowest BCUT2D eigenvalue weighted by Crippen LogP contribution is -2.60. The van der Waals surface area contributed by atoms with Gasteiger partial charge in [0.05, 0.1) is 6.04 Å². The molecule has 0 spiro atoms. The number of hydrogen-bond acceptors (Lipinski definition) is 9. The molecule has 9 N–H and O–H groups in total. The maximum atomic E-state index is 13.4. The van der Waals surface area contributed by atoms with Crippen molar-refractivity contribution in [3.8, 4) is 0 Å². The normalized spacial score (nSPS) is 15.9. The summed E-state index contributed by atoms with van der Waals surface area (Å²) >= 11 is 1.41. The molecule has 0 aliphatic heterocycles. The van der Waals surface area contributed by atoms with E-state index in [1.54, 1.807) is 34.0 Å². The molecule has 16 heteroatoms. The molecule has 0 heterocycles. The monoisotopic (exact) mass is 633 g/mol. The van der Waals surface area contributed by atoms with E-state index < -0.39 is 84.1 Å². The van der Waals surface area contributed by atoms with Crippen molar-refractivity contribution in [2.45, 2.75) is 103 Å². The van der Waals surface area contributed by atoms with Crippen molar-refractivity contribution in [3.05, 3.63) is 0 Å². The van der Waals surface area contributed by atoms with E-state index in [0.29, 0.717) is 18.6 Å². The summed E-state index contributed by atoms with van der Waals surface area (Å²) in [6.45, 7) is 6.96. The minimum absolute atomic E-state index is 0.132. The molecule has 0 saturated heterocycles. The van der Waals surface area contributed by atoms with Crippen molar-refractivity contribution in [1.82, 2.24) is 21.3 Å². The van der Waals surface area contributed by atoms with Crippen LogP contribution >= 0.6 is 11.8 Å². The fraction of sp³-hybridized carbons (Fsp3) is 0.741. The van der Waals surface area contributed by atoms with Crippen LogP contribution in [0.4, 0.5) is 0 Å². The Kier molecular flexibility index (Phi) is 18.9. The van der Waals surface area contributed by atoms with Crippen LogP contribution in [0.2, 0.25) is 0 Å². The van der Waals surface area contributed by atoms with Crippen LogP contribution in [-0.4, -0.2) is 99.1 Å². The molecule has 246 valence electrons. The molecule has 0 unspecified atom stereocenters. The Morgan fingerprint density at radius 3 is 1.51 bits per heavy atom. The maximum Gasteiger partial charge on any atom is 0.326 e. The summed E-state index contributed by atoms with van der Waals surface area (Å²) in [5.41, 5.74) is 5.80. The fourth-order valence-electron chi connectivity index (χ4n) is 3.88. The number of thioether (sulfide) groups is 1. The summed E-state index contributed by atoms with van der Waals surface area (Å²) in [6.07, 6.45) is 1.58. The van der Waals surface area contributed by atoms with Crippen molar-refractivity contribution in [2.75, 3.05) is 12.0 Å². The molecule has 15 nitrogen and oxygen atoms in total. The Morgan fingerprint density at radius 1 is 0.651 bits per heavy atom. The maximum absolute atomic E-state index is 13.4. The van der Waals surface area contributed by atoms with Crippen molar-refractivity contribution < 1.29 is 48.9 Å². The molecule has 0 rings (SSSR count). The highest BCUT2D eigenvalue weighted by molar-refractivity contribution is 7.98. The molecule has 43 heavy (non-hydrogen) atoms. The number of rotatable bonds is 22. The van der Waals surface area contributed by atoms with E-state index in [0.717, 1.165) is 0 Å². The zero-order valence-corrected chi connectivity index (χ0v) is 26.2. The topological polar surface area (TPSA) is 254 Å². The van der Waals surface area contributed by atoms with E-state index in [4.69, 9.17) is 15.9 Å². The van der Waals surface area contributed by atoms with Gasteiger partial charge in [0.15, 0.2) is 0 Å². The van der Waals surface area contributed by atoms with Gasteiger partial charge in [0.1, 0.15) is 24.2 Å². The van der Waals surface area contributed by atoms with Crippen molar-refractivity contribution in [3.63, 3.8) is 0 Å². The van der Waals surface area contributed by atoms with Gasteiger partial charge in [-0.1, -0.05) is 40.5 Å². The molecule has 0 fully saturated rings. The van der Waals surface area contributed by atoms with E-state index in [2.05, 4.69) is 21.3 Å². The Labute approximate surface area is 255 Å². The lowest BCUT2D eigenvalue weighted by atomic mass is 9.96. The Hall–Kier alpha value is -3.40. The lowest BCUT2D eigenvalue weighted by Gasteiger charge is -2.29. The van der Waals surface area contributed by atoms with Crippen molar-refractivity contribution in [1.29, 1.82) is 0 Å². The van der Waals surface area contributed by atoms with Crippen LogP contribution in [0.5, 0.6) is 0 Å². The highest BCUT2D eigenvalue weighted by Crippen LogP contribution is 2.13. The zero-order valence-electron chi connectivity index (χ0n) is 25.4. The third-order valence-corrected chi connectivity index (χ3v) is 7.74. The Bertz CT molecular complexity index is 982. The van der Waals surface area contributed by atoms with E-state index in [1.807, 2.05) is 0 Å². The standard InChI is InChI=1S/C27H47N5O10S/c1-6-14(3)21(31-23(37)16(28)8-10-19(33)34)25(39)29-17(12-13-43-5)24(38)32-22(15(4)7-2)26(40)30-18(27(41)42)9-11-20(35)36/h14-18,21-22H,6-13,28H2,1-5H3,(H,29,39)(H,30,40)(H,31,37)(H,32,38)(H,33,34)(H,35,36)(H,41,42)/t14-,15-,16-,17-,18-,21-,22-/m0/s1. The molecule has 0 bridgehead atoms. The molecule has 4 amide bonds. The summed E-state index contributed by atoms with van der Waals surface area (Å²) in [5, 5.41) is 37.3. The summed E-state index contributed by atoms with van der Waals surface area (Å²) in [7, 11) is 0. The second-order valence-electron chi connectivity index (χ2n) is 10.5. The summed E-state index contributed by atoms with van der Waals surface area (Å²) in [6, 6.07) is -6.04. The van der Waals surface area contributed by atoms with Gasteiger partial charge in [-0.25, -0.2) is 4.79 Å². The van der Waals surface area contributed by atoms with Crippen molar-refractivity contribution in [2.24, 2.45) is 17.6 Å². The molecule has 0 aromatic rings. The van der Waals surface area contributed by atoms with Gasteiger partial charge in [-0.3, -0.25) is 28.8 Å². The largest absolute Gasteiger partial charge is 0.481 e.